The molecule has 0 bridgehead atoms. The van der Waals surface area contributed by atoms with E-state index in [9.17, 15) is 14.7 Å². The molecule has 0 aliphatic carbocycles. The van der Waals surface area contributed by atoms with Gasteiger partial charge in [0.25, 0.3) is 0 Å². The van der Waals surface area contributed by atoms with Crippen molar-refractivity contribution in [2.24, 2.45) is 5.73 Å². The largest absolute Gasteiger partial charge is 0.548 e. The highest BCUT2D eigenvalue weighted by Crippen LogP contribution is 1.95. The van der Waals surface area contributed by atoms with E-state index >= 15 is 0 Å². The van der Waals surface area contributed by atoms with E-state index in [0.717, 1.165) is 0 Å². The smallest absolute Gasteiger partial charge is 0.305 e. The lowest BCUT2D eigenvalue weighted by molar-refractivity contribution is -0.307. The number of carbonyl (C=O) groups is 2. The average Bonchev–Trinajstić information content (AvgIpc) is 2.00. The molecule has 0 aromatic rings. The van der Waals surface area contributed by atoms with E-state index in [1.54, 1.807) is 6.92 Å². The van der Waals surface area contributed by atoms with Crippen molar-refractivity contribution in [3.05, 3.63) is 0 Å². The van der Waals surface area contributed by atoms with Crippen LogP contribution in [0.4, 0.5) is 0 Å². The van der Waals surface area contributed by atoms with Crippen LogP contribution >= 0.6 is 12.4 Å². The molecule has 5 nitrogen and oxygen atoms in total. The minimum atomic E-state index is -1.35. The lowest BCUT2D eigenvalue weighted by Crippen LogP contribution is -2.42. The van der Waals surface area contributed by atoms with E-state index in [1.165, 1.54) is 0 Å². The molecule has 2 N–H and O–H groups in total. The van der Waals surface area contributed by atoms with Crippen LogP contribution in [0.5, 0.6) is 0 Å². The summed E-state index contributed by atoms with van der Waals surface area (Å²) in [5.41, 5.74) is 5.09. The molecule has 0 rings (SSSR count). The molecule has 0 aliphatic heterocycles. The molecule has 0 aliphatic rings. The molecule has 1 atom stereocenters. The maximum absolute atomic E-state index is 10.7. The van der Waals surface area contributed by atoms with Gasteiger partial charge in [0.05, 0.1) is 12.6 Å². The Labute approximate surface area is 82.7 Å². The van der Waals surface area contributed by atoms with Crippen molar-refractivity contribution < 1.29 is 19.4 Å². The molecule has 0 amide bonds. The van der Waals surface area contributed by atoms with Gasteiger partial charge in [0.2, 0.25) is 0 Å². The highest BCUT2D eigenvalue weighted by molar-refractivity contribution is 5.85. The number of carboxylic acid groups (broad SMARTS) is 1. The quantitative estimate of drug-likeness (QED) is 0.577. The van der Waals surface area contributed by atoms with Gasteiger partial charge in [-0.15, -0.1) is 12.4 Å². The van der Waals surface area contributed by atoms with E-state index in [2.05, 4.69) is 4.74 Å². The van der Waals surface area contributed by atoms with E-state index < -0.39 is 18.0 Å². The normalized spacial score (nSPS) is 11.2. The minimum absolute atomic E-state index is 0. The summed E-state index contributed by atoms with van der Waals surface area (Å²) in [5, 5.41) is 10.1. The molecule has 0 heterocycles. The monoisotopic (exact) mass is 210 g/mol. The van der Waals surface area contributed by atoms with E-state index in [4.69, 9.17) is 5.73 Å². The number of hydrogen-bond donors (Lipinski definition) is 1. The van der Waals surface area contributed by atoms with Crippen molar-refractivity contribution in [2.75, 3.05) is 6.61 Å². The van der Waals surface area contributed by atoms with Crippen LogP contribution in [0.25, 0.3) is 0 Å². The van der Waals surface area contributed by atoms with Crippen LogP contribution in [-0.4, -0.2) is 24.6 Å². The number of carbonyl (C=O) groups excluding carboxylic acids is 2. The summed E-state index contributed by atoms with van der Waals surface area (Å²) in [7, 11) is 0. The number of halogens is 1. The Kier molecular flexibility index (Phi) is 8.84. The van der Waals surface area contributed by atoms with Crippen LogP contribution < -0.4 is 10.8 Å². The SMILES string of the molecule is CCOC(=O)CC[C@H](N)C(=O)[O-].Cl. The Morgan fingerprint density at radius 3 is 2.46 bits per heavy atom. The molecule has 0 saturated carbocycles. The second-order valence-electron chi connectivity index (χ2n) is 2.27. The van der Waals surface area contributed by atoms with Crippen molar-refractivity contribution in [1.82, 2.24) is 0 Å². The number of nitrogens with two attached hydrogens (primary N) is 1. The van der Waals surface area contributed by atoms with Gasteiger partial charge in [-0.2, -0.15) is 0 Å². The first kappa shape index (κ1) is 14.7. The predicted octanol–water partition coefficient (Wildman–Crippen LogP) is -1.17. The predicted molar refractivity (Wildman–Crippen MR) is 46.1 cm³/mol. The third kappa shape index (κ3) is 7.55. The first-order valence-corrected chi connectivity index (χ1v) is 3.70. The highest BCUT2D eigenvalue weighted by Gasteiger charge is 2.07. The number of ether oxygens (including phenoxy) is 1. The summed E-state index contributed by atoms with van der Waals surface area (Å²) in [5.74, 6) is -1.78. The van der Waals surface area contributed by atoms with E-state index in [-0.39, 0.29) is 25.2 Å². The summed E-state index contributed by atoms with van der Waals surface area (Å²) in [6, 6.07) is -1.09. The minimum Gasteiger partial charge on any atom is -0.548 e. The van der Waals surface area contributed by atoms with Gasteiger partial charge in [-0.3, -0.25) is 4.79 Å². The molecule has 78 valence electrons. The number of rotatable bonds is 5. The topological polar surface area (TPSA) is 92.5 Å². The fraction of sp³-hybridized carbons (Fsp3) is 0.714. The summed E-state index contributed by atoms with van der Waals surface area (Å²) < 4.78 is 4.56. The Morgan fingerprint density at radius 2 is 2.08 bits per heavy atom. The van der Waals surface area contributed by atoms with E-state index in [0.29, 0.717) is 6.61 Å². The van der Waals surface area contributed by atoms with Crippen LogP contribution in [0.2, 0.25) is 0 Å². The molecule has 0 aromatic heterocycles. The second-order valence-corrected chi connectivity index (χ2v) is 2.27. The van der Waals surface area contributed by atoms with Gasteiger partial charge in [0.1, 0.15) is 0 Å². The fourth-order valence-electron chi connectivity index (χ4n) is 0.624. The molecular formula is C7H13ClNO4-. The van der Waals surface area contributed by atoms with Gasteiger partial charge in [-0.25, -0.2) is 0 Å². The van der Waals surface area contributed by atoms with Crippen LogP contribution in [-0.2, 0) is 14.3 Å². The van der Waals surface area contributed by atoms with Gasteiger partial charge in [0, 0.05) is 12.5 Å². The van der Waals surface area contributed by atoms with Gasteiger partial charge in [-0.1, -0.05) is 0 Å². The fourth-order valence-corrected chi connectivity index (χ4v) is 0.624. The summed E-state index contributed by atoms with van der Waals surface area (Å²) in [6.45, 7) is 1.97. The first-order chi connectivity index (χ1) is 5.57. The van der Waals surface area contributed by atoms with Gasteiger partial charge in [-0.05, 0) is 13.3 Å². The summed E-state index contributed by atoms with van der Waals surface area (Å²) >= 11 is 0. The van der Waals surface area contributed by atoms with Crippen LogP contribution in [0.3, 0.4) is 0 Å². The molecule has 0 unspecified atom stereocenters. The van der Waals surface area contributed by atoms with Crippen LogP contribution in [0, 0.1) is 0 Å². The van der Waals surface area contributed by atoms with Gasteiger partial charge in [0.15, 0.2) is 0 Å². The number of carboxylic acids is 1. The molecular weight excluding hydrogens is 198 g/mol. The van der Waals surface area contributed by atoms with Crippen LogP contribution in [0.1, 0.15) is 19.8 Å². The van der Waals surface area contributed by atoms with Gasteiger partial charge < -0.3 is 20.4 Å². The zero-order chi connectivity index (χ0) is 9.56. The molecule has 0 saturated heterocycles. The van der Waals surface area contributed by atoms with Crippen molar-refractivity contribution in [2.45, 2.75) is 25.8 Å². The Bertz CT molecular complexity index is 174. The number of hydrogen-bond acceptors (Lipinski definition) is 5. The average molecular weight is 211 g/mol. The number of aliphatic carboxylic acids is 1. The van der Waals surface area contributed by atoms with Crippen molar-refractivity contribution in [3.63, 3.8) is 0 Å². The molecule has 0 aromatic carbocycles. The maximum Gasteiger partial charge on any atom is 0.305 e. The Balaban J connectivity index is 0. The zero-order valence-corrected chi connectivity index (χ0v) is 8.13. The third-order valence-electron chi connectivity index (χ3n) is 1.27. The number of esters is 1. The van der Waals surface area contributed by atoms with Gasteiger partial charge >= 0.3 is 5.97 Å². The van der Waals surface area contributed by atoms with Crippen LogP contribution in [0.15, 0.2) is 0 Å². The lowest BCUT2D eigenvalue weighted by Gasteiger charge is -2.10. The molecule has 0 radical (unpaired) electrons. The van der Waals surface area contributed by atoms with Crippen molar-refractivity contribution in [3.8, 4) is 0 Å². The Morgan fingerprint density at radius 1 is 1.54 bits per heavy atom. The Hall–Kier alpha value is -0.810. The third-order valence-corrected chi connectivity index (χ3v) is 1.27. The van der Waals surface area contributed by atoms with Crippen molar-refractivity contribution in [1.29, 1.82) is 0 Å². The summed E-state index contributed by atoms with van der Waals surface area (Å²) in [6.07, 6.45) is 0.0736. The lowest BCUT2D eigenvalue weighted by atomic mass is 10.2. The zero-order valence-electron chi connectivity index (χ0n) is 7.32. The highest BCUT2D eigenvalue weighted by atomic mass is 35.5. The summed E-state index contributed by atoms with van der Waals surface area (Å²) in [4.78, 5) is 20.8. The maximum atomic E-state index is 10.7. The first-order valence-electron chi connectivity index (χ1n) is 3.70. The molecule has 6 heteroatoms. The molecule has 0 fully saturated rings. The molecule has 0 spiro atoms. The van der Waals surface area contributed by atoms with E-state index in [1.807, 2.05) is 0 Å². The second kappa shape index (κ2) is 7.82. The van der Waals surface area contributed by atoms with Crippen molar-refractivity contribution >= 4 is 24.3 Å². The molecule has 13 heavy (non-hydrogen) atoms. The standard InChI is InChI=1S/C7H13NO4.ClH/c1-2-12-6(9)4-3-5(8)7(10)11;/h5H,2-4,8H2,1H3,(H,10,11);1H/p-1/t5-;/m0./s1.